The lowest BCUT2D eigenvalue weighted by molar-refractivity contribution is 0.102. The number of rotatable bonds is 2. The molecule has 2 rings (SSSR count). The molecule has 0 aliphatic carbocycles. The predicted molar refractivity (Wildman–Crippen MR) is 81.6 cm³/mol. The van der Waals surface area contributed by atoms with Gasteiger partial charge in [-0.3, -0.25) is 4.79 Å². The van der Waals surface area contributed by atoms with E-state index in [2.05, 4.69) is 17.2 Å². The number of hydrogen-bond donors (Lipinski definition) is 2. The van der Waals surface area contributed by atoms with Crippen molar-refractivity contribution < 1.29 is 14.3 Å². The Kier molecular flexibility index (Phi) is 4.69. The molecule has 1 aromatic heterocycles. The third kappa shape index (κ3) is 3.66. The molecule has 5 heteroatoms. The number of carbonyl (C=O) groups is 1. The fourth-order valence-corrected chi connectivity index (χ4v) is 2.08. The lowest BCUT2D eigenvalue weighted by Gasteiger charge is -2.07. The van der Waals surface area contributed by atoms with Crippen molar-refractivity contribution in [2.75, 3.05) is 11.9 Å². The number of nitrogens with one attached hydrogen (secondary N) is 1. The van der Waals surface area contributed by atoms with Gasteiger partial charge in [-0.1, -0.05) is 23.4 Å². The summed E-state index contributed by atoms with van der Waals surface area (Å²) < 4.78 is 5.34. The fourth-order valence-electron chi connectivity index (χ4n) is 1.91. The van der Waals surface area contributed by atoms with E-state index in [1.165, 1.54) is 0 Å². The maximum absolute atomic E-state index is 12.3. The van der Waals surface area contributed by atoms with E-state index in [1.807, 2.05) is 0 Å². The summed E-state index contributed by atoms with van der Waals surface area (Å²) in [6.45, 7) is 3.25. The van der Waals surface area contributed by atoms with E-state index in [1.54, 1.807) is 38.1 Å². The molecule has 0 spiro atoms. The lowest BCUT2D eigenvalue weighted by Crippen LogP contribution is -2.13. The summed E-state index contributed by atoms with van der Waals surface area (Å²) in [6.07, 6.45) is 0. The molecular formula is C16H14ClNO3. The van der Waals surface area contributed by atoms with Crippen molar-refractivity contribution in [1.82, 2.24) is 0 Å². The first-order chi connectivity index (χ1) is 10.0. The second-order valence-corrected chi connectivity index (χ2v) is 4.87. The van der Waals surface area contributed by atoms with Gasteiger partial charge in [0.1, 0.15) is 18.1 Å². The minimum atomic E-state index is -0.293. The number of benzene rings is 1. The maximum atomic E-state index is 12.3. The molecule has 21 heavy (non-hydrogen) atoms. The van der Waals surface area contributed by atoms with Crippen LogP contribution < -0.4 is 5.32 Å². The number of aliphatic hydroxyl groups excluding tert-OH is 1. The fraction of sp³-hybridized carbons (Fsp3) is 0.188. The van der Waals surface area contributed by atoms with Crippen molar-refractivity contribution in [1.29, 1.82) is 0 Å². The molecule has 1 heterocycles. The molecule has 4 nitrogen and oxygen atoms in total. The monoisotopic (exact) mass is 303 g/mol. The Bertz CT molecular complexity index is 738. The molecule has 108 valence electrons. The molecule has 0 saturated heterocycles. The first-order valence-corrected chi connectivity index (χ1v) is 6.66. The normalized spacial score (nSPS) is 9.90. The summed E-state index contributed by atoms with van der Waals surface area (Å²) in [6, 6.07) is 6.65. The summed E-state index contributed by atoms with van der Waals surface area (Å²) >= 11 is 5.95. The van der Waals surface area contributed by atoms with Crippen LogP contribution in [0, 0.1) is 25.7 Å². The maximum Gasteiger partial charge on any atom is 0.259 e. The first kappa shape index (κ1) is 15.2. The Morgan fingerprint density at radius 3 is 2.76 bits per heavy atom. The minimum Gasteiger partial charge on any atom is -0.466 e. The van der Waals surface area contributed by atoms with Crippen LogP contribution in [0.25, 0.3) is 0 Å². The highest BCUT2D eigenvalue weighted by Gasteiger charge is 2.15. The van der Waals surface area contributed by atoms with Gasteiger partial charge in [-0.2, -0.15) is 0 Å². The van der Waals surface area contributed by atoms with Gasteiger partial charge in [0.25, 0.3) is 5.91 Å². The van der Waals surface area contributed by atoms with Crippen LogP contribution in [0.1, 0.15) is 27.4 Å². The van der Waals surface area contributed by atoms with Gasteiger partial charge in [0.2, 0.25) is 0 Å². The SMILES string of the molecule is Cc1cc(C(=O)Nc2cc(Cl)ccc2C#CCO)c(C)o1. The van der Waals surface area contributed by atoms with Gasteiger partial charge in [0.15, 0.2) is 0 Å². The quantitative estimate of drug-likeness (QED) is 0.838. The average Bonchev–Trinajstić information content (AvgIpc) is 2.77. The standard InChI is InChI=1S/C16H14ClNO3/c1-10-8-14(11(2)21-10)16(20)18-15-9-13(17)6-5-12(15)4-3-7-19/h5-6,8-9,19H,7H2,1-2H3,(H,18,20). The van der Waals surface area contributed by atoms with Crippen LogP contribution in [0.2, 0.25) is 5.02 Å². The van der Waals surface area contributed by atoms with Crippen LogP contribution in [-0.4, -0.2) is 17.6 Å². The molecule has 0 aliphatic heterocycles. The number of anilines is 1. The highest BCUT2D eigenvalue weighted by Crippen LogP contribution is 2.22. The van der Waals surface area contributed by atoms with E-state index >= 15 is 0 Å². The molecule has 0 fully saturated rings. The topological polar surface area (TPSA) is 62.5 Å². The Morgan fingerprint density at radius 2 is 2.14 bits per heavy atom. The number of carbonyl (C=O) groups excluding carboxylic acids is 1. The molecule has 1 amide bonds. The minimum absolute atomic E-state index is 0.254. The molecule has 0 bridgehead atoms. The van der Waals surface area contributed by atoms with Crippen LogP contribution >= 0.6 is 11.6 Å². The largest absolute Gasteiger partial charge is 0.466 e. The third-order valence-electron chi connectivity index (χ3n) is 2.82. The zero-order valence-corrected chi connectivity index (χ0v) is 12.4. The summed E-state index contributed by atoms with van der Waals surface area (Å²) in [5.74, 6) is 6.24. The van der Waals surface area contributed by atoms with Crippen LogP contribution in [0.5, 0.6) is 0 Å². The van der Waals surface area contributed by atoms with Crippen molar-refractivity contribution in [3.05, 3.63) is 51.9 Å². The Balaban J connectivity index is 2.32. The summed E-state index contributed by atoms with van der Waals surface area (Å²) in [4.78, 5) is 12.3. The molecule has 0 atom stereocenters. The lowest BCUT2D eigenvalue weighted by atomic mass is 10.1. The molecular weight excluding hydrogens is 290 g/mol. The van der Waals surface area contributed by atoms with Crippen LogP contribution in [0.4, 0.5) is 5.69 Å². The summed E-state index contributed by atoms with van der Waals surface area (Å²) in [5.41, 5.74) is 1.54. The third-order valence-corrected chi connectivity index (χ3v) is 3.05. The van der Waals surface area contributed by atoms with Gasteiger partial charge in [0.05, 0.1) is 11.3 Å². The van der Waals surface area contributed by atoms with E-state index in [0.29, 0.717) is 33.4 Å². The zero-order valence-electron chi connectivity index (χ0n) is 11.7. The second-order valence-electron chi connectivity index (χ2n) is 4.43. The molecule has 2 aromatic rings. The van der Waals surface area contributed by atoms with Crippen molar-refractivity contribution in [2.24, 2.45) is 0 Å². The van der Waals surface area contributed by atoms with E-state index in [0.717, 1.165) is 0 Å². The van der Waals surface area contributed by atoms with Crippen LogP contribution in [0.15, 0.2) is 28.7 Å². The Hall–Kier alpha value is -2.22. The van der Waals surface area contributed by atoms with Crippen molar-refractivity contribution in [3.63, 3.8) is 0 Å². The van der Waals surface area contributed by atoms with Gasteiger partial charge in [-0.15, -0.1) is 0 Å². The molecule has 1 aromatic carbocycles. The van der Waals surface area contributed by atoms with Crippen molar-refractivity contribution in [2.45, 2.75) is 13.8 Å². The molecule has 0 radical (unpaired) electrons. The Labute approximate surface area is 127 Å². The first-order valence-electron chi connectivity index (χ1n) is 6.29. The smallest absolute Gasteiger partial charge is 0.259 e. The van der Waals surface area contributed by atoms with Crippen LogP contribution in [-0.2, 0) is 0 Å². The van der Waals surface area contributed by atoms with Gasteiger partial charge < -0.3 is 14.8 Å². The van der Waals surface area contributed by atoms with Gasteiger partial charge >= 0.3 is 0 Å². The Morgan fingerprint density at radius 1 is 1.38 bits per heavy atom. The predicted octanol–water partition coefficient (Wildman–Crippen LogP) is 3.15. The number of amides is 1. The zero-order chi connectivity index (χ0) is 15.4. The number of hydrogen-bond acceptors (Lipinski definition) is 3. The van der Waals surface area contributed by atoms with Gasteiger partial charge in [0, 0.05) is 10.6 Å². The molecule has 0 unspecified atom stereocenters. The van der Waals surface area contributed by atoms with Crippen molar-refractivity contribution in [3.8, 4) is 11.8 Å². The van der Waals surface area contributed by atoms with Crippen molar-refractivity contribution >= 4 is 23.2 Å². The van der Waals surface area contributed by atoms with E-state index in [-0.39, 0.29) is 12.5 Å². The van der Waals surface area contributed by atoms with Gasteiger partial charge in [-0.05, 0) is 38.1 Å². The van der Waals surface area contributed by atoms with E-state index < -0.39 is 0 Å². The number of aryl methyl sites for hydroxylation is 2. The number of furan rings is 1. The molecule has 0 aliphatic rings. The molecule has 2 N–H and O–H groups in total. The van der Waals surface area contributed by atoms with E-state index in [4.69, 9.17) is 21.1 Å². The summed E-state index contributed by atoms with van der Waals surface area (Å²) in [7, 11) is 0. The summed E-state index contributed by atoms with van der Waals surface area (Å²) in [5, 5.41) is 12.0. The second kappa shape index (κ2) is 6.49. The van der Waals surface area contributed by atoms with Crippen LogP contribution in [0.3, 0.4) is 0 Å². The number of aliphatic hydroxyl groups is 1. The highest BCUT2D eigenvalue weighted by atomic mass is 35.5. The number of halogens is 1. The molecule has 0 saturated carbocycles. The average molecular weight is 304 g/mol. The van der Waals surface area contributed by atoms with E-state index in [9.17, 15) is 4.79 Å². The van der Waals surface area contributed by atoms with Gasteiger partial charge in [-0.25, -0.2) is 0 Å². The highest BCUT2D eigenvalue weighted by molar-refractivity contribution is 6.31.